The summed E-state index contributed by atoms with van der Waals surface area (Å²) in [4.78, 5) is 26.6. The van der Waals surface area contributed by atoms with E-state index in [0.717, 1.165) is 44.9 Å². The molecule has 4 nitrogen and oxygen atoms in total. The van der Waals surface area contributed by atoms with Crippen LogP contribution >= 0.6 is 0 Å². The first kappa shape index (κ1) is 14.4. The van der Waals surface area contributed by atoms with Gasteiger partial charge in [0.25, 0.3) is 0 Å². The Balaban J connectivity index is 2.28. The summed E-state index contributed by atoms with van der Waals surface area (Å²) < 4.78 is 5.52. The summed E-state index contributed by atoms with van der Waals surface area (Å²) in [6, 6.07) is 0. The summed E-state index contributed by atoms with van der Waals surface area (Å²) in [6.07, 6.45) is 7.04. The number of rotatable bonds is 3. The molecule has 1 heterocycles. The lowest BCUT2D eigenvalue weighted by atomic mass is 9.80. The molecule has 1 aliphatic carbocycles. The third-order valence-electron chi connectivity index (χ3n) is 4.36. The van der Waals surface area contributed by atoms with Crippen LogP contribution in [-0.2, 0) is 14.3 Å². The van der Waals surface area contributed by atoms with Gasteiger partial charge in [0, 0.05) is 6.42 Å². The van der Waals surface area contributed by atoms with Crippen molar-refractivity contribution in [3.8, 4) is 0 Å². The fraction of sp³-hybridized carbons (Fsp3) is 0.867. The van der Waals surface area contributed by atoms with Crippen molar-refractivity contribution in [3.05, 3.63) is 0 Å². The van der Waals surface area contributed by atoms with Crippen LogP contribution in [0.4, 0.5) is 0 Å². The van der Waals surface area contributed by atoms with Crippen LogP contribution in [0.15, 0.2) is 0 Å². The molecule has 2 aliphatic rings. The number of carbonyl (C=O) groups is 2. The molecule has 1 saturated heterocycles. The van der Waals surface area contributed by atoms with Crippen molar-refractivity contribution in [1.82, 2.24) is 4.90 Å². The maximum absolute atomic E-state index is 12.5. The summed E-state index contributed by atoms with van der Waals surface area (Å²) in [5.74, 6) is -0.123. The van der Waals surface area contributed by atoms with Gasteiger partial charge in [0.2, 0.25) is 5.91 Å². The number of cyclic esters (lactones) is 1. The second-order valence-corrected chi connectivity index (χ2v) is 6.26. The minimum absolute atomic E-state index is 0.0691. The predicted octanol–water partition coefficient (Wildman–Crippen LogP) is 3.00. The lowest BCUT2D eigenvalue weighted by molar-refractivity contribution is -0.154. The Morgan fingerprint density at radius 3 is 2.47 bits per heavy atom. The molecule has 19 heavy (non-hydrogen) atoms. The van der Waals surface area contributed by atoms with Crippen molar-refractivity contribution in [2.45, 2.75) is 83.4 Å². The number of amides is 1. The molecule has 0 atom stereocenters. The summed E-state index contributed by atoms with van der Waals surface area (Å²) >= 11 is 0. The molecule has 0 aromatic heterocycles. The van der Waals surface area contributed by atoms with E-state index in [2.05, 4.69) is 6.92 Å². The maximum atomic E-state index is 12.5. The fourth-order valence-corrected chi connectivity index (χ4v) is 3.52. The van der Waals surface area contributed by atoms with Crippen LogP contribution in [0.25, 0.3) is 0 Å². The number of esters is 1. The topological polar surface area (TPSA) is 46.6 Å². The molecule has 2 rings (SSSR count). The molecular weight excluding hydrogens is 242 g/mol. The largest absolute Gasteiger partial charge is 0.438 e. The molecule has 0 bridgehead atoms. The SMILES string of the molecule is CCCCC(=O)N1C(C)(C)OC(=O)C12CCCCC2. The molecule has 2 fully saturated rings. The zero-order valence-corrected chi connectivity index (χ0v) is 12.3. The fourth-order valence-electron chi connectivity index (χ4n) is 3.52. The van der Waals surface area contributed by atoms with Gasteiger partial charge in [-0.2, -0.15) is 0 Å². The van der Waals surface area contributed by atoms with Gasteiger partial charge in [0.05, 0.1) is 0 Å². The van der Waals surface area contributed by atoms with Gasteiger partial charge in [-0.3, -0.25) is 9.69 Å². The highest BCUT2D eigenvalue weighted by atomic mass is 16.6. The lowest BCUT2D eigenvalue weighted by Crippen LogP contribution is -2.57. The van der Waals surface area contributed by atoms with Crippen LogP contribution in [0.5, 0.6) is 0 Å². The highest BCUT2D eigenvalue weighted by Gasteiger charge is 2.60. The van der Waals surface area contributed by atoms with Gasteiger partial charge in [-0.25, -0.2) is 4.79 Å². The van der Waals surface area contributed by atoms with E-state index in [0.29, 0.717) is 6.42 Å². The van der Waals surface area contributed by atoms with Gasteiger partial charge in [0.15, 0.2) is 5.72 Å². The number of nitrogens with zero attached hydrogens (tertiary/aromatic N) is 1. The Hall–Kier alpha value is -1.06. The normalized spacial score (nSPS) is 24.6. The van der Waals surface area contributed by atoms with Crippen LogP contribution in [0.2, 0.25) is 0 Å². The van der Waals surface area contributed by atoms with Crippen molar-refractivity contribution in [1.29, 1.82) is 0 Å². The van der Waals surface area contributed by atoms with Gasteiger partial charge in [-0.05, 0) is 33.1 Å². The van der Waals surface area contributed by atoms with Gasteiger partial charge < -0.3 is 4.74 Å². The molecule has 108 valence electrons. The van der Waals surface area contributed by atoms with E-state index in [9.17, 15) is 9.59 Å². The second kappa shape index (κ2) is 5.14. The van der Waals surface area contributed by atoms with Crippen molar-refractivity contribution in [3.63, 3.8) is 0 Å². The van der Waals surface area contributed by atoms with Gasteiger partial charge in [-0.1, -0.05) is 32.6 Å². The Kier molecular flexibility index (Phi) is 3.88. The maximum Gasteiger partial charge on any atom is 0.334 e. The van der Waals surface area contributed by atoms with E-state index in [1.807, 2.05) is 13.8 Å². The first-order valence-corrected chi connectivity index (χ1v) is 7.51. The van der Waals surface area contributed by atoms with E-state index in [1.54, 1.807) is 4.90 Å². The van der Waals surface area contributed by atoms with E-state index in [1.165, 1.54) is 0 Å². The molecular formula is C15H25NO3. The standard InChI is InChI=1S/C15H25NO3/c1-4-5-9-12(17)16-14(2,3)19-13(18)15(16)10-7-6-8-11-15/h4-11H2,1-3H3. The molecule has 4 heteroatoms. The minimum atomic E-state index is -0.792. The summed E-state index contributed by atoms with van der Waals surface area (Å²) in [5, 5.41) is 0. The smallest absolute Gasteiger partial charge is 0.334 e. The van der Waals surface area contributed by atoms with E-state index >= 15 is 0 Å². The Bertz CT molecular complexity index is 370. The average molecular weight is 267 g/mol. The number of unbranched alkanes of at least 4 members (excludes halogenated alkanes) is 1. The van der Waals surface area contributed by atoms with Crippen LogP contribution in [0.1, 0.15) is 72.1 Å². The molecule has 0 unspecified atom stereocenters. The van der Waals surface area contributed by atoms with Gasteiger partial charge >= 0.3 is 5.97 Å². The van der Waals surface area contributed by atoms with E-state index in [-0.39, 0.29) is 11.9 Å². The second-order valence-electron chi connectivity index (χ2n) is 6.26. The Morgan fingerprint density at radius 1 is 1.26 bits per heavy atom. The van der Waals surface area contributed by atoms with Crippen LogP contribution in [-0.4, -0.2) is 28.0 Å². The highest BCUT2D eigenvalue weighted by molar-refractivity contribution is 5.91. The van der Waals surface area contributed by atoms with Gasteiger partial charge in [-0.15, -0.1) is 0 Å². The molecule has 1 spiro atoms. The lowest BCUT2D eigenvalue weighted by Gasteiger charge is -2.41. The Labute approximate surface area is 115 Å². The zero-order valence-electron chi connectivity index (χ0n) is 12.3. The molecule has 0 N–H and O–H groups in total. The number of hydrogen-bond acceptors (Lipinski definition) is 3. The molecule has 1 aliphatic heterocycles. The molecule has 1 amide bonds. The van der Waals surface area contributed by atoms with E-state index < -0.39 is 11.3 Å². The first-order chi connectivity index (χ1) is 8.94. The molecule has 0 aromatic rings. The van der Waals surface area contributed by atoms with Gasteiger partial charge in [0.1, 0.15) is 5.54 Å². The predicted molar refractivity (Wildman–Crippen MR) is 72.4 cm³/mol. The summed E-state index contributed by atoms with van der Waals surface area (Å²) in [5.41, 5.74) is -1.47. The van der Waals surface area contributed by atoms with Crippen LogP contribution in [0, 0.1) is 0 Å². The van der Waals surface area contributed by atoms with Crippen LogP contribution < -0.4 is 0 Å². The number of hydrogen-bond donors (Lipinski definition) is 0. The molecule has 1 saturated carbocycles. The zero-order chi connectivity index (χ0) is 14.1. The monoisotopic (exact) mass is 267 g/mol. The van der Waals surface area contributed by atoms with Crippen molar-refractivity contribution in [2.75, 3.05) is 0 Å². The number of ether oxygens (including phenoxy) is 1. The third-order valence-corrected chi connectivity index (χ3v) is 4.36. The third kappa shape index (κ3) is 2.37. The summed E-state index contributed by atoms with van der Waals surface area (Å²) in [7, 11) is 0. The van der Waals surface area contributed by atoms with Crippen molar-refractivity contribution >= 4 is 11.9 Å². The van der Waals surface area contributed by atoms with Crippen molar-refractivity contribution < 1.29 is 14.3 Å². The van der Waals surface area contributed by atoms with Crippen molar-refractivity contribution in [2.24, 2.45) is 0 Å². The highest BCUT2D eigenvalue weighted by Crippen LogP contribution is 2.45. The minimum Gasteiger partial charge on any atom is -0.438 e. The molecule has 0 aromatic carbocycles. The first-order valence-electron chi connectivity index (χ1n) is 7.51. The quantitative estimate of drug-likeness (QED) is 0.738. The molecule has 0 radical (unpaired) electrons. The van der Waals surface area contributed by atoms with E-state index in [4.69, 9.17) is 4.74 Å². The Morgan fingerprint density at radius 2 is 1.89 bits per heavy atom. The number of carbonyl (C=O) groups excluding carboxylic acids is 2. The summed E-state index contributed by atoms with van der Waals surface area (Å²) in [6.45, 7) is 5.73. The van der Waals surface area contributed by atoms with Crippen LogP contribution in [0.3, 0.4) is 0 Å². The average Bonchev–Trinajstić information content (AvgIpc) is 2.54.